The fourth-order valence-electron chi connectivity index (χ4n) is 1.17. The lowest BCUT2D eigenvalue weighted by Gasteiger charge is -2.11. The lowest BCUT2D eigenvalue weighted by atomic mass is 10.1. The zero-order valence-corrected chi connectivity index (χ0v) is 10.0. The summed E-state index contributed by atoms with van der Waals surface area (Å²) < 4.78 is 5.55. The van der Waals surface area contributed by atoms with Crippen LogP contribution in [0.15, 0.2) is 18.2 Å². The van der Waals surface area contributed by atoms with Crippen LogP contribution in [0.25, 0.3) is 0 Å². The van der Waals surface area contributed by atoms with Crippen molar-refractivity contribution in [1.29, 1.82) is 0 Å². The highest BCUT2D eigenvalue weighted by atomic mass is 16.5. The molecular weight excluding hydrogens is 188 g/mol. The third-order valence-corrected chi connectivity index (χ3v) is 2.13. The van der Waals surface area contributed by atoms with Gasteiger partial charge in [-0.2, -0.15) is 0 Å². The van der Waals surface area contributed by atoms with Gasteiger partial charge in [0.1, 0.15) is 6.61 Å². The summed E-state index contributed by atoms with van der Waals surface area (Å²) in [5.41, 5.74) is 1.08. The first kappa shape index (κ1) is 12.0. The summed E-state index contributed by atoms with van der Waals surface area (Å²) in [6, 6.07) is 5.93. The molecule has 0 unspecified atom stereocenters. The van der Waals surface area contributed by atoms with E-state index in [0.717, 1.165) is 18.1 Å². The fourth-order valence-corrected chi connectivity index (χ4v) is 1.17. The van der Waals surface area contributed by atoms with Crippen LogP contribution in [0, 0.1) is 0 Å². The van der Waals surface area contributed by atoms with Gasteiger partial charge in [0.05, 0.1) is 0 Å². The van der Waals surface area contributed by atoms with Gasteiger partial charge in [-0.05, 0) is 26.1 Å². The van der Waals surface area contributed by atoms with Crippen LogP contribution in [0.3, 0.4) is 0 Å². The highest BCUT2D eigenvalue weighted by Crippen LogP contribution is 2.15. The predicted octanol–water partition coefficient (Wildman–Crippen LogP) is 2.15. The monoisotopic (exact) mass is 208 g/mol. The lowest BCUT2D eigenvalue weighted by molar-refractivity contribution is 0.253. The van der Waals surface area contributed by atoms with E-state index in [4.69, 9.17) is 4.74 Å². The number of pyridine rings is 1. The molecule has 0 bridgehead atoms. The van der Waals surface area contributed by atoms with Gasteiger partial charge in [-0.3, -0.25) is 0 Å². The first-order valence-electron chi connectivity index (χ1n) is 5.34. The van der Waals surface area contributed by atoms with Gasteiger partial charge in [-0.25, -0.2) is 4.98 Å². The van der Waals surface area contributed by atoms with E-state index in [1.54, 1.807) is 0 Å². The minimum Gasteiger partial charge on any atom is -0.476 e. The molecule has 1 aromatic heterocycles. The molecule has 3 heteroatoms. The zero-order chi connectivity index (χ0) is 11.3. The maximum absolute atomic E-state index is 5.55. The number of hydrogen-bond acceptors (Lipinski definition) is 3. The molecule has 0 aromatic carbocycles. The first-order valence-corrected chi connectivity index (χ1v) is 5.34. The summed E-state index contributed by atoms with van der Waals surface area (Å²) in [7, 11) is 4.06. The van der Waals surface area contributed by atoms with E-state index in [2.05, 4.69) is 23.7 Å². The molecule has 0 spiro atoms. The fraction of sp³-hybridized carbons (Fsp3) is 0.583. The van der Waals surface area contributed by atoms with Crippen LogP contribution in [-0.2, 0) is 0 Å². The molecule has 0 amide bonds. The summed E-state index contributed by atoms with van der Waals surface area (Å²) in [6.07, 6.45) is 0. The molecule has 0 atom stereocenters. The minimum atomic E-state index is 0.447. The molecule has 0 aliphatic rings. The quantitative estimate of drug-likeness (QED) is 0.741. The summed E-state index contributed by atoms with van der Waals surface area (Å²) in [5.74, 6) is 1.17. The van der Waals surface area contributed by atoms with Crippen molar-refractivity contribution in [3.05, 3.63) is 23.9 Å². The number of aromatic nitrogens is 1. The SMILES string of the molecule is CC(C)c1cccc(OCCN(C)C)n1. The third-order valence-electron chi connectivity index (χ3n) is 2.13. The maximum Gasteiger partial charge on any atom is 0.213 e. The Bertz CT molecular complexity index is 297. The Labute approximate surface area is 92.1 Å². The third kappa shape index (κ3) is 4.30. The van der Waals surface area contributed by atoms with Crippen LogP contribution in [-0.4, -0.2) is 37.1 Å². The lowest BCUT2D eigenvalue weighted by Crippen LogP contribution is -2.19. The highest BCUT2D eigenvalue weighted by Gasteiger charge is 2.02. The second-order valence-corrected chi connectivity index (χ2v) is 4.21. The molecule has 0 N–H and O–H groups in total. The van der Waals surface area contributed by atoms with Gasteiger partial charge >= 0.3 is 0 Å². The predicted molar refractivity (Wildman–Crippen MR) is 62.4 cm³/mol. The van der Waals surface area contributed by atoms with Gasteiger partial charge in [0.2, 0.25) is 5.88 Å². The van der Waals surface area contributed by atoms with Gasteiger partial charge in [0.15, 0.2) is 0 Å². The smallest absolute Gasteiger partial charge is 0.213 e. The van der Waals surface area contributed by atoms with Crippen molar-refractivity contribution < 1.29 is 4.74 Å². The average Bonchev–Trinajstić information content (AvgIpc) is 2.17. The normalized spacial score (nSPS) is 11.1. The molecule has 84 valence electrons. The molecule has 1 heterocycles. The van der Waals surface area contributed by atoms with Crippen molar-refractivity contribution in [2.24, 2.45) is 0 Å². The average molecular weight is 208 g/mol. The molecule has 15 heavy (non-hydrogen) atoms. The Kier molecular flexibility index (Phi) is 4.56. The molecule has 0 radical (unpaired) electrons. The topological polar surface area (TPSA) is 25.4 Å². The van der Waals surface area contributed by atoms with Gasteiger partial charge in [-0.1, -0.05) is 19.9 Å². The van der Waals surface area contributed by atoms with Crippen molar-refractivity contribution in [3.8, 4) is 5.88 Å². The molecule has 0 fully saturated rings. The molecule has 0 aliphatic carbocycles. The minimum absolute atomic E-state index is 0.447. The summed E-state index contributed by atoms with van der Waals surface area (Å²) in [6.45, 7) is 5.85. The Hall–Kier alpha value is -1.09. The van der Waals surface area contributed by atoms with E-state index in [-0.39, 0.29) is 0 Å². The second kappa shape index (κ2) is 5.71. The zero-order valence-electron chi connectivity index (χ0n) is 10.0. The van der Waals surface area contributed by atoms with E-state index >= 15 is 0 Å². The first-order chi connectivity index (χ1) is 7.09. The van der Waals surface area contributed by atoms with E-state index in [1.807, 2.05) is 32.3 Å². The Morgan fingerprint density at radius 2 is 2.07 bits per heavy atom. The number of hydrogen-bond donors (Lipinski definition) is 0. The highest BCUT2D eigenvalue weighted by molar-refractivity contribution is 5.17. The Morgan fingerprint density at radius 3 is 2.67 bits per heavy atom. The van der Waals surface area contributed by atoms with Crippen LogP contribution < -0.4 is 4.74 Å². The van der Waals surface area contributed by atoms with E-state index in [9.17, 15) is 0 Å². The van der Waals surface area contributed by atoms with Crippen LogP contribution in [0.5, 0.6) is 5.88 Å². The molecule has 3 nitrogen and oxygen atoms in total. The summed E-state index contributed by atoms with van der Waals surface area (Å²) in [4.78, 5) is 6.52. The van der Waals surface area contributed by atoms with Gasteiger partial charge < -0.3 is 9.64 Å². The number of likely N-dealkylation sites (N-methyl/N-ethyl adjacent to an activating group) is 1. The van der Waals surface area contributed by atoms with Crippen molar-refractivity contribution in [2.75, 3.05) is 27.2 Å². The van der Waals surface area contributed by atoms with Crippen LogP contribution in [0.1, 0.15) is 25.5 Å². The van der Waals surface area contributed by atoms with Gasteiger partial charge in [0, 0.05) is 18.3 Å². The van der Waals surface area contributed by atoms with Crippen molar-refractivity contribution in [3.63, 3.8) is 0 Å². The van der Waals surface area contributed by atoms with E-state index in [0.29, 0.717) is 12.5 Å². The summed E-state index contributed by atoms with van der Waals surface area (Å²) in [5, 5.41) is 0. The van der Waals surface area contributed by atoms with Gasteiger partial charge in [0.25, 0.3) is 0 Å². The van der Waals surface area contributed by atoms with E-state index < -0.39 is 0 Å². The number of rotatable bonds is 5. The van der Waals surface area contributed by atoms with Crippen LogP contribution in [0.2, 0.25) is 0 Å². The molecule has 1 aromatic rings. The standard InChI is InChI=1S/C12H20N2O/c1-10(2)11-6-5-7-12(13-11)15-9-8-14(3)4/h5-7,10H,8-9H2,1-4H3. The van der Waals surface area contributed by atoms with Crippen molar-refractivity contribution in [1.82, 2.24) is 9.88 Å². The van der Waals surface area contributed by atoms with Crippen molar-refractivity contribution >= 4 is 0 Å². The Balaban J connectivity index is 2.50. The van der Waals surface area contributed by atoms with E-state index in [1.165, 1.54) is 0 Å². The molecule has 0 aliphatic heterocycles. The van der Waals surface area contributed by atoms with Crippen LogP contribution in [0.4, 0.5) is 0 Å². The van der Waals surface area contributed by atoms with Crippen LogP contribution >= 0.6 is 0 Å². The second-order valence-electron chi connectivity index (χ2n) is 4.21. The summed E-state index contributed by atoms with van der Waals surface area (Å²) >= 11 is 0. The Morgan fingerprint density at radius 1 is 1.33 bits per heavy atom. The molecule has 1 rings (SSSR count). The number of ether oxygens (including phenoxy) is 1. The van der Waals surface area contributed by atoms with Crippen molar-refractivity contribution in [2.45, 2.75) is 19.8 Å². The van der Waals surface area contributed by atoms with Gasteiger partial charge in [-0.15, -0.1) is 0 Å². The maximum atomic E-state index is 5.55. The number of nitrogens with zero attached hydrogens (tertiary/aromatic N) is 2. The largest absolute Gasteiger partial charge is 0.476 e. The molecular formula is C12H20N2O. The molecule has 0 saturated carbocycles. The molecule has 0 saturated heterocycles.